The molecule has 0 aromatic heterocycles. The van der Waals surface area contributed by atoms with Gasteiger partial charge in [-0.1, -0.05) is 18.2 Å². The molecular weight excluding hydrogens is 204 g/mol. The second-order valence-corrected chi connectivity index (χ2v) is 4.97. The van der Waals surface area contributed by atoms with Crippen LogP contribution in [0.3, 0.4) is 0 Å². The van der Waals surface area contributed by atoms with Crippen LogP contribution in [0.4, 0.5) is 0 Å². The molecule has 1 aromatic rings. The second-order valence-electron chi connectivity index (χ2n) is 2.60. The summed E-state index contributed by atoms with van der Waals surface area (Å²) in [4.78, 5) is 10.1. The monoisotopic (exact) mass is 214 g/mol. The molecule has 1 aromatic carbocycles. The minimum Gasteiger partial charge on any atom is -0.263 e. The van der Waals surface area contributed by atoms with Gasteiger partial charge in [-0.2, -0.15) is 0 Å². The van der Waals surface area contributed by atoms with Crippen LogP contribution in [0.2, 0.25) is 0 Å². The summed E-state index contributed by atoms with van der Waals surface area (Å²) in [6.45, 7) is 0. The summed E-state index contributed by atoms with van der Waals surface area (Å²) >= 11 is 0. The Bertz CT molecular complexity index is 435. The molecule has 0 saturated carbocycles. The van der Waals surface area contributed by atoms with Crippen LogP contribution in [-0.2, 0) is 9.73 Å². The number of nitrogens with zero attached hydrogens (tertiary/aromatic N) is 2. The molecule has 76 valence electrons. The van der Waals surface area contributed by atoms with E-state index in [1.165, 1.54) is 7.05 Å². The number of hydrogen-bond donors (Lipinski definition) is 0. The highest BCUT2D eigenvalue weighted by atomic mass is 32.2. The summed E-state index contributed by atoms with van der Waals surface area (Å²) in [6, 6.07) is 8.28. The standard InChI is InChI=1S/C8H10N2O3S/c1-9-14(13,7-10(11)12)8-5-3-2-4-6-8/h2-6H,7H2,1H3/t14-/m1/s1. The molecule has 6 heteroatoms. The fourth-order valence-electron chi connectivity index (χ4n) is 1.01. The molecule has 0 aliphatic rings. The second kappa shape index (κ2) is 4.19. The fraction of sp³-hybridized carbons (Fsp3) is 0.250. The van der Waals surface area contributed by atoms with E-state index in [-0.39, 0.29) is 0 Å². The first-order chi connectivity index (χ1) is 6.58. The zero-order valence-electron chi connectivity index (χ0n) is 7.62. The number of benzene rings is 1. The highest BCUT2D eigenvalue weighted by Crippen LogP contribution is 2.12. The van der Waals surface area contributed by atoms with Crippen molar-refractivity contribution in [2.75, 3.05) is 12.9 Å². The third-order valence-corrected chi connectivity index (χ3v) is 3.85. The van der Waals surface area contributed by atoms with E-state index in [4.69, 9.17) is 0 Å². The van der Waals surface area contributed by atoms with Crippen LogP contribution in [0.15, 0.2) is 39.6 Å². The molecule has 0 bridgehead atoms. The Morgan fingerprint density at radius 1 is 1.43 bits per heavy atom. The maximum absolute atomic E-state index is 12.0. The fourth-order valence-corrected chi connectivity index (χ4v) is 2.36. The summed E-state index contributed by atoms with van der Waals surface area (Å²) in [5.74, 6) is -0.645. The maximum atomic E-state index is 12.0. The van der Waals surface area contributed by atoms with Crippen molar-refractivity contribution in [2.24, 2.45) is 4.36 Å². The van der Waals surface area contributed by atoms with Crippen LogP contribution in [-0.4, -0.2) is 22.1 Å². The van der Waals surface area contributed by atoms with E-state index < -0.39 is 20.5 Å². The third-order valence-electron chi connectivity index (χ3n) is 1.69. The summed E-state index contributed by atoms with van der Waals surface area (Å²) in [5.41, 5.74) is 0. The van der Waals surface area contributed by atoms with Gasteiger partial charge in [0, 0.05) is 12.0 Å². The van der Waals surface area contributed by atoms with Gasteiger partial charge in [-0.25, -0.2) is 8.57 Å². The molecule has 1 rings (SSSR count). The molecule has 1 atom stereocenters. The molecule has 0 aliphatic carbocycles. The quantitative estimate of drug-likeness (QED) is 0.563. The molecule has 0 fully saturated rings. The SMILES string of the molecule is CN=[S@@](=O)(C[N+](=O)[O-])c1ccccc1. The smallest absolute Gasteiger partial charge is 0.263 e. The largest absolute Gasteiger partial charge is 0.288 e. The van der Waals surface area contributed by atoms with Crippen LogP contribution in [0.25, 0.3) is 0 Å². The van der Waals surface area contributed by atoms with E-state index >= 15 is 0 Å². The molecule has 0 N–H and O–H groups in total. The van der Waals surface area contributed by atoms with E-state index in [1.54, 1.807) is 30.3 Å². The summed E-state index contributed by atoms with van der Waals surface area (Å²) in [6.07, 6.45) is 0. The predicted molar refractivity (Wildman–Crippen MR) is 53.1 cm³/mol. The number of nitro groups is 1. The highest BCUT2D eigenvalue weighted by Gasteiger charge is 2.17. The van der Waals surface area contributed by atoms with Gasteiger partial charge in [-0.15, -0.1) is 0 Å². The minimum absolute atomic E-state index is 0.402. The molecule has 5 nitrogen and oxygen atoms in total. The van der Waals surface area contributed by atoms with Crippen LogP contribution < -0.4 is 0 Å². The first-order valence-corrected chi connectivity index (χ1v) is 5.57. The molecular formula is C8H10N2O3S. The molecule has 14 heavy (non-hydrogen) atoms. The Kier molecular flexibility index (Phi) is 3.19. The Morgan fingerprint density at radius 3 is 2.43 bits per heavy atom. The van der Waals surface area contributed by atoms with Gasteiger partial charge in [-0.05, 0) is 12.1 Å². The van der Waals surface area contributed by atoms with Crippen molar-refractivity contribution >= 4 is 9.73 Å². The van der Waals surface area contributed by atoms with E-state index in [9.17, 15) is 14.3 Å². The van der Waals surface area contributed by atoms with Gasteiger partial charge >= 0.3 is 0 Å². The Labute approximate surface area is 82.1 Å². The molecule has 0 radical (unpaired) electrons. The Hall–Kier alpha value is -1.43. The molecule has 0 aliphatic heterocycles. The molecule has 0 spiro atoms. The molecule has 0 unspecified atom stereocenters. The van der Waals surface area contributed by atoms with Gasteiger partial charge in [0.2, 0.25) is 0 Å². The van der Waals surface area contributed by atoms with Crippen molar-refractivity contribution in [3.63, 3.8) is 0 Å². The van der Waals surface area contributed by atoms with Gasteiger partial charge in [0.15, 0.2) is 0 Å². The van der Waals surface area contributed by atoms with Gasteiger partial charge < -0.3 is 0 Å². The van der Waals surface area contributed by atoms with Crippen LogP contribution in [0, 0.1) is 10.1 Å². The minimum atomic E-state index is -2.88. The Balaban J connectivity index is 3.17. The molecule has 0 amide bonds. The lowest BCUT2D eigenvalue weighted by atomic mass is 10.4. The van der Waals surface area contributed by atoms with Crippen LogP contribution in [0.1, 0.15) is 0 Å². The van der Waals surface area contributed by atoms with Crippen molar-refractivity contribution in [1.82, 2.24) is 0 Å². The summed E-state index contributed by atoms with van der Waals surface area (Å²) in [7, 11) is -1.55. The van der Waals surface area contributed by atoms with Gasteiger partial charge in [-0.3, -0.25) is 10.1 Å². The van der Waals surface area contributed by atoms with Crippen molar-refractivity contribution < 1.29 is 9.13 Å². The normalized spacial score (nSPS) is 14.4. The average Bonchev–Trinajstić information content (AvgIpc) is 2.18. The summed E-state index contributed by atoms with van der Waals surface area (Å²) in [5, 5.41) is 10.3. The topological polar surface area (TPSA) is 72.6 Å². The zero-order chi connectivity index (χ0) is 10.6. The van der Waals surface area contributed by atoms with Crippen LogP contribution >= 0.6 is 0 Å². The third kappa shape index (κ3) is 2.29. The Morgan fingerprint density at radius 2 is 2.00 bits per heavy atom. The van der Waals surface area contributed by atoms with Crippen molar-refractivity contribution in [1.29, 1.82) is 0 Å². The van der Waals surface area contributed by atoms with E-state index in [0.29, 0.717) is 4.90 Å². The zero-order valence-corrected chi connectivity index (χ0v) is 8.44. The first-order valence-electron chi connectivity index (χ1n) is 3.88. The van der Waals surface area contributed by atoms with E-state index in [0.717, 1.165) is 0 Å². The summed E-state index contributed by atoms with van der Waals surface area (Å²) < 4.78 is 15.6. The number of hydrogen-bond acceptors (Lipinski definition) is 4. The average molecular weight is 214 g/mol. The lowest BCUT2D eigenvalue weighted by Gasteiger charge is -2.03. The van der Waals surface area contributed by atoms with Crippen LogP contribution in [0.5, 0.6) is 0 Å². The molecule has 0 saturated heterocycles. The maximum Gasteiger partial charge on any atom is 0.288 e. The first kappa shape index (κ1) is 10.6. The predicted octanol–water partition coefficient (Wildman–Crippen LogP) is 1.38. The lowest BCUT2D eigenvalue weighted by Crippen LogP contribution is -2.14. The van der Waals surface area contributed by atoms with Crippen molar-refractivity contribution in [2.45, 2.75) is 4.90 Å². The van der Waals surface area contributed by atoms with Gasteiger partial charge in [0.25, 0.3) is 5.88 Å². The van der Waals surface area contributed by atoms with E-state index in [2.05, 4.69) is 4.36 Å². The van der Waals surface area contributed by atoms with Gasteiger partial charge in [0.1, 0.15) is 9.73 Å². The van der Waals surface area contributed by atoms with E-state index in [1.807, 2.05) is 0 Å². The van der Waals surface area contributed by atoms with Crippen molar-refractivity contribution in [3.8, 4) is 0 Å². The van der Waals surface area contributed by atoms with Crippen molar-refractivity contribution in [3.05, 3.63) is 40.4 Å². The van der Waals surface area contributed by atoms with Gasteiger partial charge in [0.05, 0.1) is 4.90 Å². The lowest BCUT2D eigenvalue weighted by molar-refractivity contribution is -0.458. The number of rotatable bonds is 3. The highest BCUT2D eigenvalue weighted by molar-refractivity contribution is 7.93. The molecule has 0 heterocycles.